The maximum absolute atomic E-state index is 11.1. The number of aliphatic carboxylic acids is 4. The normalized spacial score (nSPS) is 22.4. The first-order valence-corrected chi connectivity index (χ1v) is 40.4. The molecule has 0 spiro atoms. The summed E-state index contributed by atoms with van der Waals surface area (Å²) in [6, 6.07) is 14.3. The van der Waals surface area contributed by atoms with Gasteiger partial charge in [0.25, 0.3) is 0 Å². The summed E-state index contributed by atoms with van der Waals surface area (Å²) in [5, 5.41) is 46.0. The summed E-state index contributed by atoms with van der Waals surface area (Å²) in [7, 11) is 0. The van der Waals surface area contributed by atoms with Crippen LogP contribution in [0.4, 0.5) is 0 Å². The van der Waals surface area contributed by atoms with E-state index in [0.717, 1.165) is 128 Å². The van der Waals surface area contributed by atoms with Crippen molar-refractivity contribution >= 4 is 47.5 Å². The third-order valence-corrected chi connectivity index (χ3v) is 22.7. The number of carbonyl (C=O) groups is 8. The Morgan fingerprint density at radius 1 is 0.324 bits per heavy atom. The average molecular weight is 1500 g/mol. The lowest BCUT2D eigenvalue weighted by molar-refractivity contribution is -0.143. The van der Waals surface area contributed by atoms with E-state index >= 15 is 0 Å². The summed E-state index contributed by atoms with van der Waals surface area (Å²) in [5.74, 6) is -2.73. The molecule has 24 nitrogen and oxygen atoms in total. The molecule has 12 rings (SSSR count). The number of nitrogens with zero attached hydrogens (tertiary/aromatic N) is 4. The summed E-state index contributed by atoms with van der Waals surface area (Å²) in [6.07, 6.45) is 38.3. The molecule has 0 saturated heterocycles. The molecular weight excluding hydrogens is 1380 g/mol. The molecule has 592 valence electrons. The zero-order valence-corrected chi connectivity index (χ0v) is 64.3. The highest BCUT2D eigenvalue weighted by Crippen LogP contribution is 2.38. The summed E-state index contributed by atoms with van der Waals surface area (Å²) in [5.41, 5.74) is 15.8. The van der Waals surface area contributed by atoms with Gasteiger partial charge in [0.2, 0.25) is 23.6 Å². The molecule has 0 bridgehead atoms. The summed E-state index contributed by atoms with van der Waals surface area (Å²) < 4.78 is 23.1. The van der Waals surface area contributed by atoms with Crippen LogP contribution >= 0.6 is 0 Å². The predicted octanol–water partition coefficient (Wildman–Crippen LogP) is 10.7. The molecule has 4 aromatic heterocycles. The van der Waals surface area contributed by atoms with Crippen LogP contribution in [0.25, 0.3) is 0 Å². The Morgan fingerprint density at radius 2 is 0.519 bits per heavy atom. The van der Waals surface area contributed by atoms with E-state index in [9.17, 15) is 38.4 Å². The fraction of sp³-hybridized carbons (Fsp3) is 0.667. The molecule has 4 atom stereocenters. The standard InChI is InChI=1S/4C21H30N2O4/c4*1-14(24)22-20(21(25)26)10-11-27-18-12-15(13-18)6-8-17-9-7-16-4-2-3-5-19(16)23-17/h4*7,9,15,18,20H,2-6,8,10-13H2,1H3,(H,22,24)(H,25,26). The fourth-order valence-electron chi connectivity index (χ4n) is 16.1. The minimum absolute atomic E-state index is 0.221. The minimum Gasteiger partial charge on any atom is -0.480 e. The molecule has 108 heavy (non-hydrogen) atoms. The Morgan fingerprint density at radius 3 is 0.704 bits per heavy atom. The van der Waals surface area contributed by atoms with Crippen molar-refractivity contribution in [1.29, 1.82) is 0 Å². The Hall–Kier alpha value is -7.80. The number of rotatable bonds is 36. The Labute approximate surface area is 637 Å². The molecule has 0 aliphatic heterocycles. The Kier molecular flexibility index (Phi) is 34.0. The van der Waals surface area contributed by atoms with Crippen molar-refractivity contribution in [3.05, 3.63) is 116 Å². The number of amides is 4. The SMILES string of the molecule is CC(=O)NC(CCOC1CC(CCc2ccc3c(n2)CCCC3)C1)C(=O)O.CC(=O)NC(CCOC1CC(CCc2ccc3c(n2)CCCC3)C1)C(=O)O.CC(=O)NC(CCOC1CC(CCc2ccc3c(n2)CCCC3)C1)C(=O)O.CC(=O)NC(CCOC1CC(CCc2ccc3c(n2)CCCC3)C1)C(=O)O. The monoisotopic (exact) mass is 1500 g/mol. The summed E-state index contributed by atoms with van der Waals surface area (Å²) >= 11 is 0. The van der Waals surface area contributed by atoms with Crippen molar-refractivity contribution < 1.29 is 77.7 Å². The van der Waals surface area contributed by atoms with Gasteiger partial charge in [0, 0.05) is 125 Å². The molecule has 0 aromatic carbocycles. The van der Waals surface area contributed by atoms with Crippen molar-refractivity contribution in [2.45, 2.75) is 307 Å². The average Bonchev–Trinajstić information content (AvgIpc) is 0.847. The van der Waals surface area contributed by atoms with Crippen LogP contribution in [0.2, 0.25) is 0 Å². The number of ether oxygens (including phenoxy) is 4. The highest BCUT2D eigenvalue weighted by atomic mass is 16.5. The third-order valence-electron chi connectivity index (χ3n) is 22.7. The van der Waals surface area contributed by atoms with Crippen molar-refractivity contribution in [1.82, 2.24) is 41.2 Å². The van der Waals surface area contributed by atoms with Crippen molar-refractivity contribution in [3.63, 3.8) is 0 Å². The molecule has 4 amide bonds. The van der Waals surface area contributed by atoms with Crippen LogP contribution in [-0.4, -0.2) is 163 Å². The molecule has 4 saturated carbocycles. The van der Waals surface area contributed by atoms with Gasteiger partial charge in [0.1, 0.15) is 24.2 Å². The van der Waals surface area contributed by atoms with E-state index in [-0.39, 0.29) is 48.0 Å². The second-order valence-corrected chi connectivity index (χ2v) is 31.5. The van der Waals surface area contributed by atoms with Gasteiger partial charge in [0.15, 0.2) is 0 Å². The summed E-state index contributed by atoms with van der Waals surface area (Å²) in [6.45, 7) is 6.75. The van der Waals surface area contributed by atoms with Crippen LogP contribution in [0.3, 0.4) is 0 Å². The third kappa shape index (κ3) is 28.6. The Balaban J connectivity index is 0.000000166. The van der Waals surface area contributed by atoms with Gasteiger partial charge in [-0.3, -0.25) is 39.1 Å². The number of nitrogens with one attached hydrogen (secondary N) is 4. The van der Waals surface area contributed by atoms with Gasteiger partial charge in [0.05, 0.1) is 24.4 Å². The molecule has 8 aliphatic carbocycles. The lowest BCUT2D eigenvalue weighted by atomic mass is 9.79. The number of pyridine rings is 4. The first kappa shape index (κ1) is 84.2. The fourth-order valence-corrected chi connectivity index (χ4v) is 16.1. The van der Waals surface area contributed by atoms with E-state index in [4.69, 9.17) is 59.3 Å². The lowest BCUT2D eigenvalue weighted by Gasteiger charge is -2.35. The van der Waals surface area contributed by atoms with E-state index in [0.29, 0.717) is 75.8 Å². The largest absolute Gasteiger partial charge is 0.480 e. The van der Waals surface area contributed by atoms with Crippen molar-refractivity contribution in [2.75, 3.05) is 26.4 Å². The number of hydrogen-bond acceptors (Lipinski definition) is 16. The first-order chi connectivity index (χ1) is 52.0. The molecule has 24 heteroatoms. The molecule has 4 heterocycles. The number of hydrogen-bond donors (Lipinski definition) is 8. The number of carboxylic acid groups (broad SMARTS) is 4. The second-order valence-electron chi connectivity index (χ2n) is 31.5. The maximum Gasteiger partial charge on any atom is 0.326 e. The molecule has 0 radical (unpaired) electrons. The van der Waals surface area contributed by atoms with Gasteiger partial charge in [-0.1, -0.05) is 24.3 Å². The lowest BCUT2D eigenvalue weighted by Crippen LogP contribution is -2.41. The van der Waals surface area contributed by atoms with Crippen LogP contribution in [0, 0.1) is 23.7 Å². The zero-order chi connectivity index (χ0) is 76.9. The van der Waals surface area contributed by atoms with E-state index < -0.39 is 48.0 Å². The number of fused-ring (bicyclic) bond motifs is 4. The van der Waals surface area contributed by atoms with Crippen LogP contribution in [0.15, 0.2) is 48.5 Å². The molecule has 4 aromatic rings. The highest BCUT2D eigenvalue weighted by Gasteiger charge is 2.35. The van der Waals surface area contributed by atoms with E-state index in [1.807, 2.05) is 0 Å². The molecular formula is C84H120N8O16. The smallest absolute Gasteiger partial charge is 0.326 e. The first-order valence-electron chi connectivity index (χ1n) is 40.4. The van der Waals surface area contributed by atoms with Gasteiger partial charge in [-0.25, -0.2) is 19.2 Å². The van der Waals surface area contributed by atoms with Crippen molar-refractivity contribution in [2.24, 2.45) is 23.7 Å². The van der Waals surface area contributed by atoms with E-state index in [1.165, 1.54) is 173 Å². The van der Waals surface area contributed by atoms with Crippen LogP contribution in [0.5, 0.6) is 0 Å². The number of aryl methyl sites for hydroxylation is 12. The number of aromatic nitrogens is 4. The van der Waals surface area contributed by atoms with Gasteiger partial charge >= 0.3 is 23.9 Å². The second kappa shape index (κ2) is 43.6. The molecule has 4 fully saturated rings. The molecule has 8 N–H and O–H groups in total. The molecule has 4 unspecified atom stereocenters. The highest BCUT2D eigenvalue weighted by molar-refractivity contribution is 5.83. The van der Waals surface area contributed by atoms with Gasteiger partial charge in [-0.2, -0.15) is 0 Å². The van der Waals surface area contributed by atoms with E-state index in [1.54, 1.807) is 0 Å². The van der Waals surface area contributed by atoms with Gasteiger partial charge < -0.3 is 60.6 Å². The van der Waals surface area contributed by atoms with Crippen LogP contribution in [0.1, 0.15) is 250 Å². The van der Waals surface area contributed by atoms with Crippen LogP contribution < -0.4 is 21.3 Å². The van der Waals surface area contributed by atoms with Crippen LogP contribution in [-0.2, 0) is 134 Å². The number of carbonyl (C=O) groups excluding carboxylic acids is 4. The number of carboxylic acids is 4. The summed E-state index contributed by atoms with van der Waals surface area (Å²) in [4.78, 5) is 108. The van der Waals surface area contributed by atoms with Gasteiger partial charge in [-0.05, 0) is 276 Å². The van der Waals surface area contributed by atoms with Gasteiger partial charge in [-0.15, -0.1) is 0 Å². The zero-order valence-electron chi connectivity index (χ0n) is 64.3. The predicted molar refractivity (Wildman–Crippen MR) is 406 cm³/mol. The van der Waals surface area contributed by atoms with Crippen molar-refractivity contribution in [3.8, 4) is 0 Å². The topological polar surface area (TPSA) is 354 Å². The molecule has 8 aliphatic rings. The quantitative estimate of drug-likeness (QED) is 0.0210. The maximum atomic E-state index is 11.1. The Bertz CT molecular complexity index is 3140. The van der Waals surface area contributed by atoms with E-state index in [2.05, 4.69) is 69.8 Å². The minimum atomic E-state index is -1.02.